The van der Waals surface area contributed by atoms with Crippen molar-refractivity contribution in [3.05, 3.63) is 35.9 Å². The average Bonchev–Trinajstić information content (AvgIpc) is 2.88. The fourth-order valence-corrected chi connectivity index (χ4v) is 4.05. The number of imide groups is 1. The van der Waals surface area contributed by atoms with Crippen LogP contribution in [0.5, 0.6) is 0 Å². The number of amides is 2. The van der Waals surface area contributed by atoms with Gasteiger partial charge in [-0.1, -0.05) is 43.7 Å². The van der Waals surface area contributed by atoms with Crippen LogP contribution in [0.4, 0.5) is 4.79 Å². The first-order valence-electron chi connectivity index (χ1n) is 9.19. The molecule has 1 saturated carbocycles. The van der Waals surface area contributed by atoms with Crippen LogP contribution in [0.3, 0.4) is 0 Å². The van der Waals surface area contributed by atoms with E-state index in [4.69, 9.17) is 4.74 Å². The zero-order chi connectivity index (χ0) is 18.9. The van der Waals surface area contributed by atoms with Gasteiger partial charge < -0.3 is 9.84 Å². The van der Waals surface area contributed by atoms with Crippen molar-refractivity contribution in [2.75, 3.05) is 0 Å². The first kappa shape index (κ1) is 18.6. The van der Waals surface area contributed by atoms with Crippen molar-refractivity contribution in [2.24, 2.45) is 5.41 Å². The molecule has 1 aliphatic carbocycles. The summed E-state index contributed by atoms with van der Waals surface area (Å²) >= 11 is 0. The summed E-state index contributed by atoms with van der Waals surface area (Å²) in [5, 5.41) is 10.6. The molecule has 1 aromatic rings. The molecule has 140 valence electrons. The Morgan fingerprint density at radius 2 is 1.96 bits per heavy atom. The molecule has 3 unspecified atom stereocenters. The third-order valence-electron chi connectivity index (χ3n) is 5.79. The molecule has 1 aromatic carbocycles. The van der Waals surface area contributed by atoms with E-state index < -0.39 is 35.7 Å². The fourth-order valence-electron chi connectivity index (χ4n) is 4.05. The van der Waals surface area contributed by atoms with Crippen LogP contribution >= 0.6 is 0 Å². The van der Waals surface area contributed by atoms with E-state index in [1.165, 1.54) is 0 Å². The molecule has 0 spiro atoms. The third kappa shape index (κ3) is 3.03. The van der Waals surface area contributed by atoms with Crippen molar-refractivity contribution in [3.8, 4) is 0 Å². The Morgan fingerprint density at radius 3 is 2.50 bits per heavy atom. The van der Waals surface area contributed by atoms with Gasteiger partial charge in [0.25, 0.3) is 0 Å². The second-order valence-electron chi connectivity index (χ2n) is 7.23. The number of aliphatic hydroxyl groups excluding tert-OH is 1. The summed E-state index contributed by atoms with van der Waals surface area (Å²) in [5.74, 6) is -0.508. The van der Waals surface area contributed by atoms with Crippen LogP contribution in [0.25, 0.3) is 0 Å². The maximum Gasteiger partial charge on any atom is 0.417 e. The third-order valence-corrected chi connectivity index (χ3v) is 5.79. The molecule has 1 aliphatic heterocycles. The summed E-state index contributed by atoms with van der Waals surface area (Å²) in [5.41, 5.74) is -0.00310. The molecule has 2 fully saturated rings. The number of aliphatic hydroxyl groups is 1. The highest BCUT2D eigenvalue weighted by Gasteiger charge is 2.51. The lowest BCUT2D eigenvalue weighted by Gasteiger charge is -2.44. The minimum atomic E-state index is -1.06. The number of ether oxygens (including phenoxy) is 1. The Hall–Kier alpha value is -2.21. The summed E-state index contributed by atoms with van der Waals surface area (Å²) in [6.07, 6.45) is -0.132. The Labute approximate surface area is 153 Å². The SMILES string of the molecule is CCC(=O)C1(C(O)CC(=O)N2C(=O)OC(c3ccccc3)C2C)CCC1. The topological polar surface area (TPSA) is 83.9 Å². The highest BCUT2D eigenvalue weighted by molar-refractivity contribution is 5.95. The summed E-state index contributed by atoms with van der Waals surface area (Å²) < 4.78 is 5.39. The molecule has 1 saturated heterocycles. The van der Waals surface area contributed by atoms with Crippen molar-refractivity contribution >= 4 is 17.8 Å². The fraction of sp³-hybridized carbons (Fsp3) is 0.550. The molecule has 3 atom stereocenters. The van der Waals surface area contributed by atoms with Crippen LogP contribution < -0.4 is 0 Å². The van der Waals surface area contributed by atoms with E-state index in [0.717, 1.165) is 16.9 Å². The van der Waals surface area contributed by atoms with Gasteiger partial charge in [0.05, 0.1) is 24.0 Å². The zero-order valence-corrected chi connectivity index (χ0v) is 15.2. The van der Waals surface area contributed by atoms with Crippen LogP contribution in [0.2, 0.25) is 0 Å². The number of hydrogen-bond acceptors (Lipinski definition) is 5. The Kier molecular flexibility index (Phi) is 5.14. The molecule has 6 nitrogen and oxygen atoms in total. The van der Waals surface area contributed by atoms with Gasteiger partial charge in [-0.3, -0.25) is 9.59 Å². The zero-order valence-electron chi connectivity index (χ0n) is 15.2. The van der Waals surface area contributed by atoms with E-state index in [1.807, 2.05) is 30.3 Å². The van der Waals surface area contributed by atoms with E-state index in [2.05, 4.69) is 0 Å². The molecule has 1 N–H and O–H groups in total. The average molecular weight is 359 g/mol. The standard InChI is InChI=1S/C20H25NO5/c1-3-15(22)20(10-7-11-20)16(23)12-17(24)21-13(2)18(26-19(21)25)14-8-5-4-6-9-14/h4-6,8-9,13,16,18,23H,3,7,10-12H2,1-2H3. The molecule has 2 aliphatic rings. The largest absolute Gasteiger partial charge is 0.439 e. The highest BCUT2D eigenvalue weighted by Crippen LogP contribution is 2.47. The predicted molar refractivity (Wildman–Crippen MR) is 94.2 cm³/mol. The number of ketones is 1. The smallest absolute Gasteiger partial charge is 0.417 e. The van der Waals surface area contributed by atoms with Gasteiger partial charge in [0.15, 0.2) is 0 Å². The Balaban J connectivity index is 1.71. The first-order chi connectivity index (χ1) is 12.4. The van der Waals surface area contributed by atoms with Gasteiger partial charge in [-0.2, -0.15) is 0 Å². The molecule has 6 heteroatoms. The van der Waals surface area contributed by atoms with Crippen LogP contribution in [0, 0.1) is 5.41 Å². The molecular formula is C20H25NO5. The summed E-state index contributed by atoms with van der Waals surface area (Å²) in [7, 11) is 0. The van der Waals surface area contributed by atoms with E-state index >= 15 is 0 Å². The van der Waals surface area contributed by atoms with Crippen molar-refractivity contribution < 1.29 is 24.2 Å². The monoisotopic (exact) mass is 359 g/mol. The van der Waals surface area contributed by atoms with Gasteiger partial charge in [0, 0.05) is 6.42 Å². The van der Waals surface area contributed by atoms with Crippen molar-refractivity contribution in [2.45, 2.75) is 64.2 Å². The molecule has 3 rings (SSSR count). The number of carbonyl (C=O) groups is 3. The minimum absolute atomic E-state index is 0.0109. The number of carbonyl (C=O) groups excluding carboxylic acids is 3. The highest BCUT2D eigenvalue weighted by atomic mass is 16.6. The van der Waals surface area contributed by atoms with Gasteiger partial charge >= 0.3 is 6.09 Å². The second kappa shape index (κ2) is 7.19. The molecule has 1 heterocycles. The van der Waals surface area contributed by atoms with Crippen LogP contribution in [0.15, 0.2) is 30.3 Å². The number of nitrogens with zero attached hydrogens (tertiary/aromatic N) is 1. The minimum Gasteiger partial charge on any atom is -0.439 e. The van der Waals surface area contributed by atoms with Gasteiger partial charge in [-0.25, -0.2) is 9.69 Å². The number of cyclic esters (lactones) is 1. The normalized spacial score (nSPS) is 25.3. The van der Waals surface area contributed by atoms with Crippen molar-refractivity contribution in [1.82, 2.24) is 4.90 Å². The number of Topliss-reactive ketones (excluding diaryl/α,β-unsaturated/α-hetero) is 1. The molecular weight excluding hydrogens is 334 g/mol. The molecule has 26 heavy (non-hydrogen) atoms. The summed E-state index contributed by atoms with van der Waals surface area (Å²) in [6.45, 7) is 3.52. The van der Waals surface area contributed by atoms with Crippen molar-refractivity contribution in [1.29, 1.82) is 0 Å². The van der Waals surface area contributed by atoms with Crippen molar-refractivity contribution in [3.63, 3.8) is 0 Å². The lowest BCUT2D eigenvalue weighted by molar-refractivity contribution is -0.148. The molecule has 0 aromatic heterocycles. The Morgan fingerprint density at radius 1 is 1.31 bits per heavy atom. The van der Waals surface area contributed by atoms with Gasteiger partial charge in [-0.15, -0.1) is 0 Å². The van der Waals surface area contributed by atoms with Gasteiger partial charge in [0.2, 0.25) is 5.91 Å². The summed E-state index contributed by atoms with van der Waals surface area (Å²) in [4.78, 5) is 38.3. The van der Waals surface area contributed by atoms with E-state index in [-0.39, 0.29) is 12.2 Å². The maximum atomic E-state index is 12.7. The maximum absolute atomic E-state index is 12.7. The van der Waals surface area contributed by atoms with Crippen LogP contribution in [-0.4, -0.2) is 39.9 Å². The van der Waals surface area contributed by atoms with Gasteiger partial charge in [0.1, 0.15) is 11.9 Å². The molecule has 0 radical (unpaired) electrons. The Bertz CT molecular complexity index is 697. The summed E-state index contributed by atoms with van der Waals surface area (Å²) in [6, 6.07) is 8.79. The number of rotatable bonds is 6. The van der Waals surface area contributed by atoms with Crippen LogP contribution in [-0.2, 0) is 14.3 Å². The lowest BCUT2D eigenvalue weighted by Crippen LogP contribution is -2.50. The first-order valence-corrected chi connectivity index (χ1v) is 9.19. The number of hydrogen-bond donors (Lipinski definition) is 1. The molecule has 0 bridgehead atoms. The molecule has 2 amide bonds. The van der Waals surface area contributed by atoms with Gasteiger partial charge in [-0.05, 0) is 25.3 Å². The predicted octanol–water partition coefficient (Wildman–Crippen LogP) is 3.00. The van der Waals surface area contributed by atoms with Crippen LogP contribution in [0.1, 0.15) is 57.6 Å². The lowest BCUT2D eigenvalue weighted by atomic mass is 9.61. The van der Waals surface area contributed by atoms with E-state index in [0.29, 0.717) is 19.3 Å². The quantitative estimate of drug-likeness (QED) is 0.844. The van der Waals surface area contributed by atoms with E-state index in [1.54, 1.807) is 13.8 Å². The van der Waals surface area contributed by atoms with E-state index in [9.17, 15) is 19.5 Å². The number of benzene rings is 1. The second-order valence-corrected chi connectivity index (χ2v) is 7.23.